The highest BCUT2D eigenvalue weighted by Gasteiger charge is 2.28. The van der Waals surface area contributed by atoms with Crippen LogP contribution in [0.1, 0.15) is 27.7 Å². The SMILES string of the molecule is CCOC(=O)C(C)CNCC(C)(C)C(=O)OC. The molecule has 0 aliphatic heterocycles. The third-order valence-electron chi connectivity index (χ3n) is 2.44. The van der Waals surface area contributed by atoms with Gasteiger partial charge in [0.25, 0.3) is 0 Å². The maximum Gasteiger partial charge on any atom is 0.312 e. The Morgan fingerprint density at radius 3 is 2.41 bits per heavy atom. The van der Waals surface area contributed by atoms with Crippen molar-refractivity contribution in [2.45, 2.75) is 27.7 Å². The van der Waals surface area contributed by atoms with Crippen molar-refractivity contribution in [2.75, 3.05) is 26.8 Å². The Bertz CT molecular complexity index is 263. The Morgan fingerprint density at radius 1 is 1.35 bits per heavy atom. The molecule has 0 aromatic heterocycles. The smallest absolute Gasteiger partial charge is 0.312 e. The van der Waals surface area contributed by atoms with E-state index in [4.69, 9.17) is 4.74 Å². The normalized spacial score (nSPS) is 13.0. The van der Waals surface area contributed by atoms with Crippen molar-refractivity contribution in [3.63, 3.8) is 0 Å². The topological polar surface area (TPSA) is 64.6 Å². The van der Waals surface area contributed by atoms with E-state index in [0.717, 1.165) is 0 Å². The number of hydrogen-bond donors (Lipinski definition) is 1. The van der Waals surface area contributed by atoms with Crippen LogP contribution in [0.4, 0.5) is 0 Å². The van der Waals surface area contributed by atoms with Gasteiger partial charge in [0.15, 0.2) is 0 Å². The van der Waals surface area contributed by atoms with E-state index in [1.807, 2.05) is 0 Å². The van der Waals surface area contributed by atoms with Crippen LogP contribution in [-0.2, 0) is 19.1 Å². The number of rotatable bonds is 7. The van der Waals surface area contributed by atoms with Gasteiger partial charge in [0.2, 0.25) is 0 Å². The molecule has 1 atom stereocenters. The molecule has 0 heterocycles. The van der Waals surface area contributed by atoms with Crippen molar-refractivity contribution in [1.82, 2.24) is 5.32 Å². The van der Waals surface area contributed by atoms with Crippen molar-refractivity contribution in [3.05, 3.63) is 0 Å². The first kappa shape index (κ1) is 15.9. The average Bonchev–Trinajstić information content (AvgIpc) is 2.27. The maximum atomic E-state index is 11.4. The fourth-order valence-corrected chi connectivity index (χ4v) is 1.32. The molecule has 0 aliphatic carbocycles. The highest BCUT2D eigenvalue weighted by molar-refractivity contribution is 5.76. The van der Waals surface area contributed by atoms with Crippen molar-refractivity contribution >= 4 is 11.9 Å². The first-order valence-electron chi connectivity index (χ1n) is 5.81. The average molecular weight is 245 g/mol. The maximum absolute atomic E-state index is 11.4. The molecule has 5 heteroatoms. The second kappa shape index (κ2) is 7.27. The lowest BCUT2D eigenvalue weighted by Crippen LogP contribution is -2.39. The first-order chi connectivity index (χ1) is 7.85. The molecule has 0 rings (SSSR count). The minimum absolute atomic E-state index is 0.219. The summed E-state index contributed by atoms with van der Waals surface area (Å²) in [6, 6.07) is 0. The Labute approximate surface area is 103 Å². The monoisotopic (exact) mass is 245 g/mol. The van der Waals surface area contributed by atoms with Gasteiger partial charge in [-0.15, -0.1) is 0 Å². The predicted octanol–water partition coefficient (Wildman–Crippen LogP) is 0.974. The highest BCUT2D eigenvalue weighted by atomic mass is 16.5. The van der Waals surface area contributed by atoms with Crippen LogP contribution in [0, 0.1) is 11.3 Å². The molecule has 0 aliphatic rings. The molecule has 0 bridgehead atoms. The van der Waals surface area contributed by atoms with Crippen LogP contribution in [0.25, 0.3) is 0 Å². The Morgan fingerprint density at radius 2 is 1.94 bits per heavy atom. The lowest BCUT2D eigenvalue weighted by molar-refractivity contribution is -0.150. The Kier molecular flexibility index (Phi) is 6.80. The molecule has 5 nitrogen and oxygen atoms in total. The van der Waals surface area contributed by atoms with Crippen molar-refractivity contribution < 1.29 is 19.1 Å². The zero-order valence-corrected chi connectivity index (χ0v) is 11.3. The molecule has 1 unspecified atom stereocenters. The molecule has 1 N–H and O–H groups in total. The number of hydrogen-bond acceptors (Lipinski definition) is 5. The van der Waals surface area contributed by atoms with Gasteiger partial charge in [-0.2, -0.15) is 0 Å². The van der Waals surface area contributed by atoms with Gasteiger partial charge in [0.05, 0.1) is 25.0 Å². The van der Waals surface area contributed by atoms with E-state index in [1.54, 1.807) is 27.7 Å². The third-order valence-corrected chi connectivity index (χ3v) is 2.44. The molecule has 0 aromatic carbocycles. The molecule has 0 spiro atoms. The predicted molar refractivity (Wildman–Crippen MR) is 64.5 cm³/mol. The van der Waals surface area contributed by atoms with Crippen LogP contribution in [-0.4, -0.2) is 38.7 Å². The first-order valence-corrected chi connectivity index (χ1v) is 5.81. The van der Waals surface area contributed by atoms with Gasteiger partial charge in [-0.25, -0.2) is 0 Å². The van der Waals surface area contributed by atoms with Crippen LogP contribution in [0.2, 0.25) is 0 Å². The second-order valence-electron chi connectivity index (χ2n) is 4.66. The summed E-state index contributed by atoms with van der Waals surface area (Å²) in [4.78, 5) is 22.7. The molecule has 0 radical (unpaired) electrons. The molecular formula is C12H23NO4. The standard InChI is InChI=1S/C12H23NO4/c1-6-17-10(14)9(2)7-13-8-12(3,4)11(15)16-5/h9,13H,6-8H2,1-5H3. The summed E-state index contributed by atoms with van der Waals surface area (Å²) in [6.07, 6.45) is 0. The van der Waals surface area contributed by atoms with Gasteiger partial charge in [-0.1, -0.05) is 6.92 Å². The summed E-state index contributed by atoms with van der Waals surface area (Å²) in [5.41, 5.74) is -0.594. The van der Waals surface area contributed by atoms with E-state index in [9.17, 15) is 9.59 Å². The van der Waals surface area contributed by atoms with Crippen LogP contribution in [0.3, 0.4) is 0 Å². The van der Waals surface area contributed by atoms with E-state index in [2.05, 4.69) is 10.1 Å². The Hall–Kier alpha value is -1.10. The van der Waals surface area contributed by atoms with Crippen molar-refractivity contribution in [2.24, 2.45) is 11.3 Å². The van der Waals surface area contributed by atoms with E-state index in [1.165, 1.54) is 7.11 Å². The molecule has 17 heavy (non-hydrogen) atoms. The zero-order valence-electron chi connectivity index (χ0n) is 11.3. The van der Waals surface area contributed by atoms with E-state index >= 15 is 0 Å². The minimum Gasteiger partial charge on any atom is -0.469 e. The van der Waals surface area contributed by atoms with Gasteiger partial charge in [0, 0.05) is 13.1 Å². The zero-order chi connectivity index (χ0) is 13.5. The molecular weight excluding hydrogens is 222 g/mol. The summed E-state index contributed by atoms with van der Waals surface area (Å²) >= 11 is 0. The van der Waals surface area contributed by atoms with Gasteiger partial charge in [-0.05, 0) is 20.8 Å². The lowest BCUT2D eigenvalue weighted by atomic mass is 9.93. The van der Waals surface area contributed by atoms with Gasteiger partial charge < -0.3 is 14.8 Å². The quantitative estimate of drug-likeness (QED) is 0.677. The molecule has 100 valence electrons. The van der Waals surface area contributed by atoms with Gasteiger partial charge in [0.1, 0.15) is 0 Å². The van der Waals surface area contributed by atoms with Crippen LogP contribution >= 0.6 is 0 Å². The number of carbonyl (C=O) groups excluding carboxylic acids is 2. The largest absolute Gasteiger partial charge is 0.469 e. The van der Waals surface area contributed by atoms with Gasteiger partial charge >= 0.3 is 11.9 Å². The molecule has 0 aromatic rings. The van der Waals surface area contributed by atoms with Gasteiger partial charge in [-0.3, -0.25) is 9.59 Å². The van der Waals surface area contributed by atoms with Crippen LogP contribution in [0.15, 0.2) is 0 Å². The molecule has 0 saturated heterocycles. The van der Waals surface area contributed by atoms with E-state index in [-0.39, 0.29) is 17.9 Å². The Balaban J connectivity index is 3.98. The van der Waals surface area contributed by atoms with E-state index < -0.39 is 5.41 Å². The molecule has 0 fully saturated rings. The summed E-state index contributed by atoms with van der Waals surface area (Å²) < 4.78 is 9.57. The number of methoxy groups -OCH3 is 1. The molecule has 0 amide bonds. The highest BCUT2D eigenvalue weighted by Crippen LogP contribution is 2.15. The van der Waals surface area contributed by atoms with Crippen LogP contribution in [0.5, 0.6) is 0 Å². The third kappa shape index (κ3) is 5.68. The second-order valence-corrected chi connectivity index (χ2v) is 4.66. The van der Waals surface area contributed by atoms with E-state index in [0.29, 0.717) is 19.7 Å². The number of ether oxygens (including phenoxy) is 2. The summed E-state index contributed by atoms with van der Waals surface area (Å²) in [6.45, 7) is 8.48. The fourth-order valence-electron chi connectivity index (χ4n) is 1.32. The molecule has 0 saturated carbocycles. The number of nitrogens with one attached hydrogen (secondary N) is 1. The lowest BCUT2D eigenvalue weighted by Gasteiger charge is -2.22. The fraction of sp³-hybridized carbons (Fsp3) is 0.833. The minimum atomic E-state index is -0.594. The number of esters is 2. The number of carbonyl (C=O) groups is 2. The summed E-state index contributed by atoms with van der Waals surface area (Å²) in [7, 11) is 1.37. The van der Waals surface area contributed by atoms with Crippen molar-refractivity contribution in [3.8, 4) is 0 Å². The van der Waals surface area contributed by atoms with Crippen LogP contribution < -0.4 is 5.32 Å². The summed E-state index contributed by atoms with van der Waals surface area (Å²) in [5, 5.41) is 3.08. The van der Waals surface area contributed by atoms with Crippen molar-refractivity contribution in [1.29, 1.82) is 0 Å². The summed E-state index contributed by atoms with van der Waals surface area (Å²) in [5.74, 6) is -0.715.